The average molecular weight is 229 g/mol. The first-order chi connectivity index (χ1) is 8.27. The van der Waals surface area contributed by atoms with Crippen molar-refractivity contribution in [3.05, 3.63) is 29.5 Å². The molecule has 3 rings (SSSR count). The zero-order valence-corrected chi connectivity index (χ0v) is 10.5. The van der Waals surface area contributed by atoms with E-state index in [2.05, 4.69) is 41.5 Å². The van der Waals surface area contributed by atoms with Crippen molar-refractivity contribution in [2.24, 2.45) is 5.92 Å². The second-order valence-corrected chi connectivity index (χ2v) is 5.18. The molecule has 2 atom stereocenters. The van der Waals surface area contributed by atoms with E-state index in [0.717, 1.165) is 12.1 Å². The number of hydrogen-bond donors (Lipinski definition) is 2. The molecule has 17 heavy (non-hydrogen) atoms. The predicted molar refractivity (Wildman–Crippen MR) is 70.0 cm³/mol. The van der Waals surface area contributed by atoms with Crippen LogP contribution >= 0.6 is 0 Å². The maximum absolute atomic E-state index is 4.17. The summed E-state index contributed by atoms with van der Waals surface area (Å²) in [6, 6.07) is 4.79. The number of nitrogens with zero attached hydrogens (tertiary/aromatic N) is 1. The Hall–Kier alpha value is -1.35. The van der Waals surface area contributed by atoms with Gasteiger partial charge in [0.2, 0.25) is 0 Å². The average Bonchev–Trinajstić information content (AvgIpc) is 2.79. The minimum Gasteiger partial charge on any atom is -0.310 e. The van der Waals surface area contributed by atoms with Crippen LogP contribution in [0.5, 0.6) is 0 Å². The summed E-state index contributed by atoms with van der Waals surface area (Å²) in [5.74, 6) is 0.697. The summed E-state index contributed by atoms with van der Waals surface area (Å²) in [5, 5.41) is 12.2. The zero-order chi connectivity index (χ0) is 11.8. The Morgan fingerprint density at radius 3 is 3.06 bits per heavy atom. The first-order valence-corrected chi connectivity index (χ1v) is 6.43. The van der Waals surface area contributed by atoms with Gasteiger partial charge in [0.25, 0.3) is 0 Å². The SMILES string of the molecule is Cc1ccc2[nH]ncc2c1C1NCCCC1C. The van der Waals surface area contributed by atoms with Gasteiger partial charge in [-0.2, -0.15) is 5.10 Å². The van der Waals surface area contributed by atoms with E-state index in [0.29, 0.717) is 12.0 Å². The Labute approximate surface area is 102 Å². The van der Waals surface area contributed by atoms with Gasteiger partial charge in [-0.25, -0.2) is 0 Å². The monoisotopic (exact) mass is 229 g/mol. The maximum atomic E-state index is 4.17. The number of aryl methyl sites for hydroxylation is 1. The van der Waals surface area contributed by atoms with Gasteiger partial charge in [0, 0.05) is 11.4 Å². The third-order valence-corrected chi connectivity index (χ3v) is 3.96. The normalized spacial score (nSPS) is 25.3. The molecule has 1 saturated heterocycles. The molecule has 90 valence electrons. The van der Waals surface area contributed by atoms with Crippen molar-refractivity contribution in [3.8, 4) is 0 Å². The molecule has 0 radical (unpaired) electrons. The number of nitrogens with one attached hydrogen (secondary N) is 2. The molecule has 0 amide bonds. The van der Waals surface area contributed by atoms with Crippen LogP contribution in [0.4, 0.5) is 0 Å². The predicted octanol–water partition coefficient (Wildman–Crippen LogP) is 2.93. The highest BCUT2D eigenvalue weighted by atomic mass is 15.1. The van der Waals surface area contributed by atoms with E-state index in [1.54, 1.807) is 0 Å². The third-order valence-electron chi connectivity index (χ3n) is 3.96. The second-order valence-electron chi connectivity index (χ2n) is 5.18. The highest BCUT2D eigenvalue weighted by Gasteiger charge is 2.25. The van der Waals surface area contributed by atoms with Crippen molar-refractivity contribution in [1.29, 1.82) is 0 Å². The molecule has 3 nitrogen and oxygen atoms in total. The summed E-state index contributed by atoms with van der Waals surface area (Å²) in [4.78, 5) is 0. The Kier molecular flexibility index (Phi) is 2.63. The van der Waals surface area contributed by atoms with Crippen LogP contribution in [0.25, 0.3) is 10.9 Å². The summed E-state index contributed by atoms with van der Waals surface area (Å²) in [6.45, 7) is 5.67. The largest absolute Gasteiger partial charge is 0.310 e. The number of piperidine rings is 1. The molecule has 3 heteroatoms. The highest BCUT2D eigenvalue weighted by molar-refractivity contribution is 5.83. The van der Waals surface area contributed by atoms with Crippen LogP contribution in [0.15, 0.2) is 18.3 Å². The first kappa shape index (κ1) is 10.8. The fraction of sp³-hybridized carbons (Fsp3) is 0.500. The summed E-state index contributed by atoms with van der Waals surface area (Å²) in [6.07, 6.45) is 4.56. The topological polar surface area (TPSA) is 40.7 Å². The van der Waals surface area contributed by atoms with Crippen molar-refractivity contribution in [2.45, 2.75) is 32.7 Å². The van der Waals surface area contributed by atoms with Gasteiger partial charge in [-0.05, 0) is 49.4 Å². The van der Waals surface area contributed by atoms with Crippen LogP contribution in [0.3, 0.4) is 0 Å². The second kappa shape index (κ2) is 4.15. The van der Waals surface area contributed by atoms with Gasteiger partial charge in [-0.15, -0.1) is 0 Å². The van der Waals surface area contributed by atoms with E-state index in [1.165, 1.54) is 29.4 Å². The van der Waals surface area contributed by atoms with Crippen molar-refractivity contribution in [3.63, 3.8) is 0 Å². The van der Waals surface area contributed by atoms with E-state index in [9.17, 15) is 0 Å². The quantitative estimate of drug-likeness (QED) is 0.789. The molecule has 2 N–H and O–H groups in total. The van der Waals surface area contributed by atoms with Gasteiger partial charge < -0.3 is 5.32 Å². The van der Waals surface area contributed by atoms with Crippen LogP contribution in [-0.4, -0.2) is 16.7 Å². The molecule has 1 aromatic carbocycles. The zero-order valence-electron chi connectivity index (χ0n) is 10.5. The van der Waals surface area contributed by atoms with E-state index >= 15 is 0 Å². The molecule has 0 saturated carbocycles. The lowest BCUT2D eigenvalue weighted by atomic mass is 9.84. The minimum atomic E-state index is 0.477. The molecule has 0 bridgehead atoms. The van der Waals surface area contributed by atoms with Crippen molar-refractivity contribution in [1.82, 2.24) is 15.5 Å². The van der Waals surface area contributed by atoms with E-state index in [4.69, 9.17) is 0 Å². The van der Waals surface area contributed by atoms with Gasteiger partial charge in [-0.3, -0.25) is 5.10 Å². The fourth-order valence-electron chi connectivity index (χ4n) is 3.00. The third kappa shape index (κ3) is 1.75. The van der Waals surface area contributed by atoms with Crippen molar-refractivity contribution in [2.75, 3.05) is 6.54 Å². The number of fused-ring (bicyclic) bond motifs is 1. The van der Waals surface area contributed by atoms with Crippen LogP contribution in [0.2, 0.25) is 0 Å². The van der Waals surface area contributed by atoms with E-state index in [1.807, 2.05) is 6.20 Å². The smallest absolute Gasteiger partial charge is 0.0653 e. The summed E-state index contributed by atoms with van der Waals surface area (Å²) in [5.41, 5.74) is 3.94. The van der Waals surface area contributed by atoms with Crippen molar-refractivity contribution >= 4 is 10.9 Å². The highest BCUT2D eigenvalue weighted by Crippen LogP contribution is 2.34. The number of hydrogen-bond acceptors (Lipinski definition) is 2. The first-order valence-electron chi connectivity index (χ1n) is 6.43. The molecular formula is C14H19N3. The molecule has 1 fully saturated rings. The Morgan fingerprint density at radius 1 is 1.35 bits per heavy atom. The van der Waals surface area contributed by atoms with Gasteiger partial charge in [0.1, 0.15) is 0 Å². The van der Waals surface area contributed by atoms with Gasteiger partial charge >= 0.3 is 0 Å². The molecule has 0 spiro atoms. The lowest BCUT2D eigenvalue weighted by Gasteiger charge is -2.32. The molecule has 1 aliphatic heterocycles. The van der Waals surface area contributed by atoms with Crippen LogP contribution in [-0.2, 0) is 0 Å². The van der Waals surface area contributed by atoms with Crippen LogP contribution in [0, 0.1) is 12.8 Å². The van der Waals surface area contributed by atoms with Gasteiger partial charge in [0.15, 0.2) is 0 Å². The number of rotatable bonds is 1. The number of aromatic amines is 1. The molecule has 1 aliphatic rings. The summed E-state index contributed by atoms with van der Waals surface area (Å²) in [7, 11) is 0. The standard InChI is InChI=1S/C14H19N3/c1-9-5-6-12-11(8-16-17-12)13(9)14-10(2)4-3-7-15-14/h5-6,8,10,14-15H,3-4,7H2,1-2H3,(H,16,17). The Balaban J connectivity index is 2.14. The van der Waals surface area contributed by atoms with Gasteiger partial charge in [0.05, 0.1) is 11.7 Å². The van der Waals surface area contributed by atoms with Crippen LogP contribution < -0.4 is 5.32 Å². The molecular weight excluding hydrogens is 210 g/mol. The molecule has 2 unspecified atom stereocenters. The van der Waals surface area contributed by atoms with E-state index < -0.39 is 0 Å². The van der Waals surface area contributed by atoms with E-state index in [-0.39, 0.29) is 0 Å². The minimum absolute atomic E-state index is 0.477. The van der Waals surface area contributed by atoms with Crippen molar-refractivity contribution < 1.29 is 0 Å². The number of aromatic nitrogens is 2. The number of benzene rings is 1. The lowest BCUT2D eigenvalue weighted by Crippen LogP contribution is -2.33. The Bertz CT molecular complexity index is 529. The Morgan fingerprint density at radius 2 is 2.24 bits per heavy atom. The van der Waals surface area contributed by atoms with Crippen LogP contribution in [0.1, 0.15) is 36.9 Å². The summed E-state index contributed by atoms with van der Waals surface area (Å²) >= 11 is 0. The maximum Gasteiger partial charge on any atom is 0.0653 e. The molecule has 0 aliphatic carbocycles. The summed E-state index contributed by atoms with van der Waals surface area (Å²) < 4.78 is 0. The fourth-order valence-corrected chi connectivity index (χ4v) is 3.00. The van der Waals surface area contributed by atoms with Gasteiger partial charge in [-0.1, -0.05) is 13.0 Å². The molecule has 2 aromatic rings. The lowest BCUT2D eigenvalue weighted by molar-refractivity contribution is 0.306. The molecule has 2 heterocycles. The molecule has 1 aromatic heterocycles. The number of H-pyrrole nitrogens is 1.